The molecule has 2 atom stereocenters. The molecule has 1 aliphatic carbocycles. The zero-order valence-corrected chi connectivity index (χ0v) is 10.7. The van der Waals surface area contributed by atoms with Crippen molar-refractivity contribution in [1.29, 1.82) is 0 Å². The first-order chi connectivity index (χ1) is 8.37. The number of hydrogen-bond acceptors (Lipinski definition) is 2. The molecule has 0 bridgehead atoms. The number of carbonyl (C=O) groups excluding carboxylic acids is 1. The first-order valence-electron chi connectivity index (χ1n) is 5.92. The van der Waals surface area contributed by atoms with Gasteiger partial charge in [-0.25, -0.2) is 0 Å². The molecule has 106 valence electrons. The number of ether oxygens (including phenoxy) is 1. The molecule has 2 unspecified atom stereocenters. The summed E-state index contributed by atoms with van der Waals surface area (Å²) in [4.78, 5) is 11.3. The highest BCUT2D eigenvalue weighted by atomic mass is 35.5. The second-order valence-electron chi connectivity index (χ2n) is 4.50. The standard InChI is InChI=1S/C11H17ClF3NO2/c12-9-2-1-8(5-9)6-16-10(17)3-4-18-7-11(13,14)15/h8-9H,1-7H2,(H,16,17). The van der Waals surface area contributed by atoms with Gasteiger partial charge in [-0.05, 0) is 25.2 Å². The van der Waals surface area contributed by atoms with Crippen LogP contribution in [0, 0.1) is 5.92 Å². The highest BCUT2D eigenvalue weighted by Crippen LogP contribution is 2.28. The molecular weight excluding hydrogens is 271 g/mol. The van der Waals surface area contributed by atoms with E-state index in [1.165, 1.54) is 0 Å². The number of amides is 1. The van der Waals surface area contributed by atoms with E-state index in [0.29, 0.717) is 12.5 Å². The molecule has 0 radical (unpaired) electrons. The Morgan fingerprint density at radius 1 is 1.39 bits per heavy atom. The molecule has 0 aromatic rings. The molecule has 1 N–H and O–H groups in total. The van der Waals surface area contributed by atoms with Gasteiger partial charge in [0.2, 0.25) is 5.91 Å². The molecule has 1 amide bonds. The number of rotatable bonds is 6. The van der Waals surface area contributed by atoms with Gasteiger partial charge in [0.1, 0.15) is 6.61 Å². The van der Waals surface area contributed by atoms with Gasteiger partial charge in [-0.3, -0.25) is 4.79 Å². The minimum absolute atomic E-state index is 0.0485. The van der Waals surface area contributed by atoms with Gasteiger partial charge in [0, 0.05) is 18.3 Å². The molecule has 0 spiro atoms. The molecule has 0 aromatic carbocycles. The Balaban J connectivity index is 2.00. The third-order valence-electron chi connectivity index (χ3n) is 2.80. The van der Waals surface area contributed by atoms with Crippen LogP contribution in [0.25, 0.3) is 0 Å². The highest BCUT2D eigenvalue weighted by Gasteiger charge is 2.27. The number of alkyl halides is 4. The van der Waals surface area contributed by atoms with Crippen LogP contribution in [0.1, 0.15) is 25.7 Å². The summed E-state index contributed by atoms with van der Waals surface area (Å²) in [6.45, 7) is -0.980. The van der Waals surface area contributed by atoms with Crippen molar-refractivity contribution in [2.45, 2.75) is 37.2 Å². The minimum atomic E-state index is -4.34. The van der Waals surface area contributed by atoms with E-state index in [4.69, 9.17) is 11.6 Å². The molecule has 0 aliphatic heterocycles. The average Bonchev–Trinajstić information content (AvgIpc) is 2.66. The quantitative estimate of drug-likeness (QED) is 0.602. The maximum Gasteiger partial charge on any atom is 0.411 e. The number of hydrogen-bond donors (Lipinski definition) is 1. The van der Waals surface area contributed by atoms with Crippen LogP contribution < -0.4 is 5.32 Å². The lowest BCUT2D eigenvalue weighted by Crippen LogP contribution is -2.29. The maximum atomic E-state index is 11.7. The Hall–Kier alpha value is -0.490. The van der Waals surface area contributed by atoms with E-state index >= 15 is 0 Å². The average molecular weight is 288 g/mol. The van der Waals surface area contributed by atoms with Crippen molar-refractivity contribution in [2.24, 2.45) is 5.92 Å². The number of halogens is 4. The molecule has 18 heavy (non-hydrogen) atoms. The molecule has 0 heterocycles. The van der Waals surface area contributed by atoms with Crippen LogP contribution in [0.15, 0.2) is 0 Å². The highest BCUT2D eigenvalue weighted by molar-refractivity contribution is 6.20. The van der Waals surface area contributed by atoms with Gasteiger partial charge < -0.3 is 10.1 Å². The summed E-state index contributed by atoms with van der Waals surface area (Å²) in [6.07, 6.45) is -1.56. The molecule has 3 nitrogen and oxygen atoms in total. The van der Waals surface area contributed by atoms with E-state index < -0.39 is 12.8 Å². The molecule has 1 fully saturated rings. The van der Waals surface area contributed by atoms with Gasteiger partial charge in [-0.1, -0.05) is 0 Å². The predicted molar refractivity (Wildman–Crippen MR) is 61.5 cm³/mol. The molecule has 1 rings (SSSR count). The van der Waals surface area contributed by atoms with E-state index in [2.05, 4.69) is 10.1 Å². The summed E-state index contributed by atoms with van der Waals surface area (Å²) >= 11 is 5.93. The second-order valence-corrected chi connectivity index (χ2v) is 5.12. The molecule has 1 saturated carbocycles. The smallest absolute Gasteiger partial charge is 0.372 e. The Bertz CT molecular complexity index is 274. The van der Waals surface area contributed by atoms with Gasteiger partial charge >= 0.3 is 6.18 Å². The summed E-state index contributed by atoms with van der Waals surface area (Å²) in [5.41, 5.74) is 0. The third kappa shape index (κ3) is 7.06. The minimum Gasteiger partial charge on any atom is -0.372 e. The summed E-state index contributed by atoms with van der Waals surface area (Å²) in [7, 11) is 0. The van der Waals surface area contributed by atoms with Crippen LogP contribution in [-0.2, 0) is 9.53 Å². The molecular formula is C11H17ClF3NO2. The van der Waals surface area contributed by atoms with Crippen LogP contribution in [0.2, 0.25) is 0 Å². The fourth-order valence-electron chi connectivity index (χ4n) is 1.90. The van der Waals surface area contributed by atoms with Crippen molar-refractivity contribution in [3.63, 3.8) is 0 Å². The van der Waals surface area contributed by atoms with Crippen molar-refractivity contribution in [3.8, 4) is 0 Å². The van der Waals surface area contributed by atoms with Gasteiger partial charge in [0.25, 0.3) is 0 Å². The van der Waals surface area contributed by atoms with Crippen LogP contribution in [0.4, 0.5) is 13.2 Å². The van der Waals surface area contributed by atoms with E-state index in [1.54, 1.807) is 0 Å². The van der Waals surface area contributed by atoms with Crippen LogP contribution in [-0.4, -0.2) is 37.2 Å². The maximum absolute atomic E-state index is 11.7. The van der Waals surface area contributed by atoms with E-state index in [0.717, 1.165) is 19.3 Å². The Morgan fingerprint density at radius 3 is 2.67 bits per heavy atom. The summed E-state index contributed by atoms with van der Waals surface area (Å²) in [5.74, 6) is 0.0998. The van der Waals surface area contributed by atoms with Crippen molar-refractivity contribution in [1.82, 2.24) is 5.32 Å². The van der Waals surface area contributed by atoms with Gasteiger partial charge in [-0.15, -0.1) is 11.6 Å². The largest absolute Gasteiger partial charge is 0.411 e. The Morgan fingerprint density at radius 2 is 2.11 bits per heavy atom. The lowest BCUT2D eigenvalue weighted by atomic mass is 10.1. The SMILES string of the molecule is O=C(CCOCC(F)(F)F)NCC1CCC(Cl)C1. The van der Waals surface area contributed by atoms with Gasteiger partial charge in [0.05, 0.1) is 6.61 Å². The molecule has 1 aliphatic rings. The van der Waals surface area contributed by atoms with Crippen LogP contribution in [0.5, 0.6) is 0 Å². The topological polar surface area (TPSA) is 38.3 Å². The van der Waals surface area contributed by atoms with Gasteiger partial charge in [0.15, 0.2) is 0 Å². The lowest BCUT2D eigenvalue weighted by Gasteiger charge is -2.11. The predicted octanol–water partition coefficient (Wildman–Crippen LogP) is 2.48. The zero-order chi connectivity index (χ0) is 13.6. The Labute approximate surface area is 109 Å². The van der Waals surface area contributed by atoms with Crippen molar-refractivity contribution in [2.75, 3.05) is 19.8 Å². The molecule has 7 heteroatoms. The van der Waals surface area contributed by atoms with Crippen LogP contribution in [0.3, 0.4) is 0 Å². The van der Waals surface area contributed by atoms with Gasteiger partial charge in [-0.2, -0.15) is 13.2 Å². The summed E-state index contributed by atoms with van der Waals surface area (Å²) in [5, 5.41) is 2.87. The fraction of sp³-hybridized carbons (Fsp3) is 0.909. The first-order valence-corrected chi connectivity index (χ1v) is 6.35. The van der Waals surface area contributed by atoms with E-state index in [-0.39, 0.29) is 24.3 Å². The Kier molecular flexibility index (Phi) is 6.21. The second kappa shape index (κ2) is 7.19. The number of carbonyl (C=O) groups is 1. The first kappa shape index (κ1) is 15.6. The fourth-order valence-corrected chi connectivity index (χ4v) is 2.28. The van der Waals surface area contributed by atoms with Crippen molar-refractivity contribution < 1.29 is 22.7 Å². The lowest BCUT2D eigenvalue weighted by molar-refractivity contribution is -0.174. The monoisotopic (exact) mass is 287 g/mol. The summed E-state index contributed by atoms with van der Waals surface area (Å²) in [6, 6.07) is 0. The normalized spacial score (nSPS) is 24.2. The summed E-state index contributed by atoms with van der Waals surface area (Å²) < 4.78 is 39.5. The van der Waals surface area contributed by atoms with E-state index in [1.807, 2.05) is 0 Å². The van der Waals surface area contributed by atoms with Crippen LogP contribution >= 0.6 is 11.6 Å². The number of nitrogens with one attached hydrogen (secondary N) is 1. The van der Waals surface area contributed by atoms with Crippen molar-refractivity contribution >= 4 is 17.5 Å². The molecule has 0 aromatic heterocycles. The zero-order valence-electron chi connectivity index (χ0n) is 9.93. The molecule has 0 saturated heterocycles. The van der Waals surface area contributed by atoms with Crippen molar-refractivity contribution in [3.05, 3.63) is 0 Å². The van der Waals surface area contributed by atoms with E-state index in [9.17, 15) is 18.0 Å². The third-order valence-corrected chi connectivity index (χ3v) is 3.20.